The minimum absolute atomic E-state index is 0.0521. The lowest BCUT2D eigenvalue weighted by Crippen LogP contribution is -2.47. The van der Waals surface area contributed by atoms with Gasteiger partial charge in [-0.3, -0.25) is 39.8 Å². The van der Waals surface area contributed by atoms with Crippen LogP contribution in [0.5, 0.6) is 23.0 Å². The van der Waals surface area contributed by atoms with Gasteiger partial charge in [0.1, 0.15) is 58.2 Å². The molecular weight excluding hydrogens is 1020 g/mol. The van der Waals surface area contributed by atoms with Crippen molar-refractivity contribution >= 4 is 60.0 Å². The first-order valence-electron chi connectivity index (χ1n) is 25.4. The van der Waals surface area contributed by atoms with Gasteiger partial charge in [0.05, 0.1) is 7.11 Å². The third kappa shape index (κ3) is 19.8. The van der Waals surface area contributed by atoms with E-state index in [4.69, 9.17) is 35.2 Å². The number of ether oxygens (including phenoxy) is 5. The van der Waals surface area contributed by atoms with Crippen LogP contribution in [0.1, 0.15) is 125 Å². The van der Waals surface area contributed by atoms with Gasteiger partial charge in [0, 0.05) is 49.5 Å². The number of phenols is 2. The van der Waals surface area contributed by atoms with Gasteiger partial charge < -0.3 is 61.1 Å². The van der Waals surface area contributed by atoms with E-state index in [1.54, 1.807) is 114 Å². The number of unbranched alkanes of at least 4 members (excludes halogenated alkanes) is 2. The second-order valence-corrected chi connectivity index (χ2v) is 20.1. The predicted molar refractivity (Wildman–Crippen MR) is 295 cm³/mol. The summed E-state index contributed by atoms with van der Waals surface area (Å²) < 4.78 is 27.5. The molecule has 0 spiro atoms. The maximum absolute atomic E-state index is 12.7. The Bertz CT molecular complexity index is 2870. The largest absolute Gasteiger partial charge is 0.508 e. The van der Waals surface area contributed by atoms with Crippen molar-refractivity contribution in [1.29, 1.82) is 0 Å². The Kier molecular flexibility index (Phi) is 21.8. The first-order chi connectivity index (χ1) is 37.4. The average molecular weight is 1090 g/mol. The highest BCUT2D eigenvalue weighted by atomic mass is 16.6. The summed E-state index contributed by atoms with van der Waals surface area (Å²) in [5, 5.41) is 39.4. The fraction of sp³-hybridized carbons (Fsp3) is 0.368. The standard InChI is InChI=1S/C34H44N4O9.C23H26N4O5/c1-33(2,3)46-31(42)37-30(38-32(43)47-34(4,5)6)36-19-9-8-18-35-26(40)17-11-21-10-16-25-24(20-21)27(29(41)44-7)28(45-25)22-12-14-23(39)15-13-22;24-23(25)27-12-2-1-11-26-19(29)10-4-14-3-9-18-17(13-14)20(22(30)31)21(32-18)15-5-7-16(28)8-6-15/h10-17,20,27-28,39H,8-9,18-19H2,1-7H3,(H,35,40)(H2,36,37,38,42,43);3-10,13,20-21,28H,1-2,11-12H2,(H,26,29)(H,30,31)(H4,24,25,27)/b17-11+;10-4+/t27-,28+;20-,21+/m11/s1. The number of aliphatic imine (C=N–C) groups is 2. The van der Waals surface area contributed by atoms with Gasteiger partial charge in [-0.1, -0.05) is 36.4 Å². The zero-order chi connectivity index (χ0) is 57.9. The zero-order valence-electron chi connectivity index (χ0n) is 45.2. The number of aliphatic carboxylic acids is 1. The van der Waals surface area contributed by atoms with Crippen molar-refractivity contribution < 1.29 is 67.8 Å². The van der Waals surface area contributed by atoms with Crippen LogP contribution in [0.25, 0.3) is 12.2 Å². The van der Waals surface area contributed by atoms with Crippen molar-refractivity contribution in [3.8, 4) is 23.0 Å². The summed E-state index contributed by atoms with van der Waals surface area (Å²) in [6, 6.07) is 23.2. The van der Waals surface area contributed by atoms with Gasteiger partial charge in [-0.05, 0) is 150 Å². The van der Waals surface area contributed by atoms with E-state index < -0.39 is 59.4 Å². The smallest absolute Gasteiger partial charge is 0.414 e. The van der Waals surface area contributed by atoms with Crippen molar-refractivity contribution in [2.24, 2.45) is 21.5 Å². The number of carbonyl (C=O) groups excluding carboxylic acids is 5. The van der Waals surface area contributed by atoms with E-state index in [1.807, 2.05) is 0 Å². The number of amides is 4. The number of benzene rings is 4. The van der Waals surface area contributed by atoms with Gasteiger partial charge in [-0.2, -0.15) is 0 Å². The molecule has 4 amide bonds. The number of nitrogens with zero attached hydrogens (tertiary/aromatic N) is 2. The Balaban J connectivity index is 0.000000312. The number of esters is 1. The van der Waals surface area contributed by atoms with E-state index in [2.05, 4.69) is 31.3 Å². The van der Waals surface area contributed by atoms with Gasteiger partial charge in [-0.15, -0.1) is 0 Å². The summed E-state index contributed by atoms with van der Waals surface area (Å²) in [4.78, 5) is 81.8. The molecule has 0 fully saturated rings. The monoisotopic (exact) mass is 1090 g/mol. The van der Waals surface area contributed by atoms with Crippen LogP contribution < -0.4 is 42.2 Å². The van der Waals surface area contributed by atoms with Crippen LogP contribution in [0.4, 0.5) is 9.59 Å². The zero-order valence-corrected chi connectivity index (χ0v) is 45.2. The predicted octanol–water partition coefficient (Wildman–Crippen LogP) is 6.97. The van der Waals surface area contributed by atoms with E-state index in [0.29, 0.717) is 77.4 Å². The molecule has 4 atom stereocenters. The van der Waals surface area contributed by atoms with Gasteiger partial charge in [0.15, 0.2) is 5.96 Å². The van der Waals surface area contributed by atoms with Crippen molar-refractivity contribution in [2.45, 2.75) is 102 Å². The van der Waals surface area contributed by atoms with Crippen molar-refractivity contribution in [3.63, 3.8) is 0 Å². The molecule has 4 aromatic rings. The Hall–Kier alpha value is -9.08. The van der Waals surface area contributed by atoms with Crippen LogP contribution in [-0.4, -0.2) is 108 Å². The molecular formula is C57H70N8O14. The third-order valence-corrected chi connectivity index (χ3v) is 11.4. The SMILES string of the molecule is COC(=O)[C@@H]1c2cc(/C=C/C(=O)NCCCCN=C(NC(=O)OC(C)(C)C)NC(=O)OC(C)(C)C)ccc2O[C@H]1c1ccc(O)cc1.NC(N)=NCCCCNC(=O)/C=C/c1ccc2c(c1)[C@@H](C(=O)O)[C@H](c1ccc(O)cc1)O2. The summed E-state index contributed by atoms with van der Waals surface area (Å²) in [5.41, 5.74) is 12.9. The van der Waals surface area contributed by atoms with E-state index in [9.17, 15) is 44.1 Å². The molecule has 0 bridgehead atoms. The van der Waals surface area contributed by atoms with Crippen LogP contribution in [0.3, 0.4) is 0 Å². The van der Waals surface area contributed by atoms with E-state index >= 15 is 0 Å². The third-order valence-electron chi connectivity index (χ3n) is 11.4. The van der Waals surface area contributed by atoms with Crippen molar-refractivity contribution in [2.75, 3.05) is 33.3 Å². The highest BCUT2D eigenvalue weighted by Crippen LogP contribution is 2.48. The van der Waals surface area contributed by atoms with Gasteiger partial charge in [-0.25, -0.2) is 9.59 Å². The quantitative estimate of drug-likeness (QED) is 0.0121. The summed E-state index contributed by atoms with van der Waals surface area (Å²) in [7, 11) is 1.31. The summed E-state index contributed by atoms with van der Waals surface area (Å²) in [6.45, 7) is 11.9. The lowest BCUT2D eigenvalue weighted by atomic mass is 9.90. The molecule has 2 aliphatic rings. The van der Waals surface area contributed by atoms with Crippen LogP contribution in [-0.2, 0) is 33.4 Å². The van der Waals surface area contributed by atoms with Crippen LogP contribution in [0.2, 0.25) is 0 Å². The minimum Gasteiger partial charge on any atom is -0.508 e. The molecule has 22 heteroatoms. The first kappa shape index (κ1) is 60.8. The molecule has 2 aliphatic heterocycles. The molecule has 0 unspecified atom stereocenters. The second-order valence-electron chi connectivity index (χ2n) is 20.1. The lowest BCUT2D eigenvalue weighted by Gasteiger charge is -2.22. The summed E-state index contributed by atoms with van der Waals surface area (Å²) in [5.74, 6) is -2.49. The Morgan fingerprint density at radius 3 is 1.43 bits per heavy atom. The normalized spacial score (nSPS) is 16.1. The fourth-order valence-corrected chi connectivity index (χ4v) is 7.94. The maximum Gasteiger partial charge on any atom is 0.414 e. The van der Waals surface area contributed by atoms with Gasteiger partial charge >= 0.3 is 24.1 Å². The number of carboxylic acids is 1. The molecule has 2 heterocycles. The summed E-state index contributed by atoms with van der Waals surface area (Å²) >= 11 is 0. The number of methoxy groups -OCH3 is 1. The molecule has 0 aromatic heterocycles. The number of rotatable bonds is 18. The lowest BCUT2D eigenvalue weighted by molar-refractivity contribution is -0.144. The Morgan fingerprint density at radius 1 is 0.608 bits per heavy atom. The molecule has 0 saturated carbocycles. The molecule has 11 N–H and O–H groups in total. The average Bonchev–Trinajstić information content (AvgIpc) is 4.10. The molecule has 6 rings (SSSR count). The number of carbonyl (C=O) groups is 6. The fourth-order valence-electron chi connectivity index (χ4n) is 7.94. The molecule has 79 heavy (non-hydrogen) atoms. The number of alkyl carbamates (subject to hydrolysis) is 2. The van der Waals surface area contributed by atoms with E-state index in [1.165, 1.54) is 43.5 Å². The molecule has 22 nitrogen and oxygen atoms in total. The van der Waals surface area contributed by atoms with Gasteiger partial charge in [0.2, 0.25) is 17.8 Å². The van der Waals surface area contributed by atoms with E-state index in [0.717, 1.165) is 12.8 Å². The number of fused-ring (bicyclic) bond motifs is 2. The number of phenolic OH excluding ortho intramolecular Hbond substituents is 2. The number of nitrogens with two attached hydrogens (primary N) is 2. The van der Waals surface area contributed by atoms with Crippen molar-refractivity contribution in [1.82, 2.24) is 21.3 Å². The molecule has 422 valence electrons. The van der Waals surface area contributed by atoms with Crippen LogP contribution in [0.15, 0.2) is 107 Å². The first-order valence-corrected chi connectivity index (χ1v) is 25.4. The highest BCUT2D eigenvalue weighted by molar-refractivity contribution is 6.01. The summed E-state index contributed by atoms with van der Waals surface area (Å²) in [6.07, 6.45) is 5.80. The number of nitrogens with one attached hydrogen (secondary N) is 4. The molecule has 4 aromatic carbocycles. The molecule has 0 radical (unpaired) electrons. The van der Waals surface area contributed by atoms with Crippen molar-refractivity contribution in [3.05, 3.63) is 130 Å². The van der Waals surface area contributed by atoms with Crippen LogP contribution in [0, 0.1) is 0 Å². The number of guanidine groups is 2. The van der Waals surface area contributed by atoms with Crippen LogP contribution >= 0.6 is 0 Å². The Morgan fingerprint density at radius 2 is 1.03 bits per heavy atom. The molecule has 0 saturated heterocycles. The Labute approximate surface area is 458 Å². The number of hydrogen-bond donors (Lipinski definition) is 9. The topological polar surface area (TPSA) is 334 Å². The number of carboxylic acid groups (broad SMARTS) is 1. The maximum atomic E-state index is 12.7. The molecule has 0 aliphatic carbocycles. The number of aromatic hydroxyl groups is 2. The van der Waals surface area contributed by atoms with Gasteiger partial charge in [0.25, 0.3) is 0 Å². The highest BCUT2D eigenvalue weighted by Gasteiger charge is 2.42. The second kappa shape index (κ2) is 28.3. The number of hydrogen-bond acceptors (Lipinski definition) is 15. The minimum atomic E-state index is -1.01. The van der Waals surface area contributed by atoms with E-state index in [-0.39, 0.29) is 41.8 Å².